The van der Waals surface area contributed by atoms with Crippen LogP contribution in [-0.4, -0.2) is 0 Å². The molecule has 0 fully saturated rings. The summed E-state index contributed by atoms with van der Waals surface area (Å²) in [6, 6.07) is 67.3. The minimum absolute atomic E-state index is 0.141. The fourth-order valence-electron chi connectivity index (χ4n) is 9.88. The van der Waals surface area contributed by atoms with Crippen LogP contribution in [0.4, 0.5) is 0 Å². The highest BCUT2D eigenvalue weighted by molar-refractivity contribution is 6.22. The third-order valence-corrected chi connectivity index (χ3v) is 12.6. The molecule has 0 N–H and O–H groups in total. The van der Waals surface area contributed by atoms with Gasteiger partial charge in [0.2, 0.25) is 0 Å². The van der Waals surface area contributed by atoms with E-state index in [4.69, 9.17) is 4.42 Å². The van der Waals surface area contributed by atoms with Gasteiger partial charge in [-0.3, -0.25) is 0 Å². The molecule has 0 spiro atoms. The van der Waals surface area contributed by atoms with Crippen molar-refractivity contribution in [1.82, 2.24) is 0 Å². The first-order chi connectivity index (χ1) is 27.5. The van der Waals surface area contributed by atoms with E-state index in [9.17, 15) is 0 Å². The summed E-state index contributed by atoms with van der Waals surface area (Å²) in [4.78, 5) is 0. The van der Waals surface area contributed by atoms with Crippen LogP contribution in [0.2, 0.25) is 0 Å². The van der Waals surface area contributed by atoms with Crippen LogP contribution in [0, 0.1) is 0 Å². The summed E-state index contributed by atoms with van der Waals surface area (Å²) in [7, 11) is 0. The van der Waals surface area contributed by atoms with Crippen molar-refractivity contribution in [2.24, 2.45) is 0 Å². The first-order valence-electron chi connectivity index (χ1n) is 19.6. The Morgan fingerprint density at radius 3 is 1.66 bits per heavy atom. The summed E-state index contributed by atoms with van der Waals surface area (Å²) in [6.45, 7) is 4.72. The monoisotopic (exact) mass is 712 g/mol. The van der Waals surface area contributed by atoms with Gasteiger partial charge in [0.15, 0.2) is 0 Å². The Balaban J connectivity index is 1.02. The second-order valence-corrected chi connectivity index (χ2v) is 16.0. The van der Waals surface area contributed by atoms with E-state index in [1.54, 1.807) is 0 Å². The second kappa shape index (κ2) is 11.5. The molecule has 56 heavy (non-hydrogen) atoms. The molecule has 0 amide bonds. The van der Waals surface area contributed by atoms with Crippen molar-refractivity contribution in [3.63, 3.8) is 0 Å². The molecule has 0 saturated heterocycles. The molecule has 12 rings (SSSR count). The zero-order valence-corrected chi connectivity index (χ0v) is 31.2. The molecule has 1 aliphatic rings. The van der Waals surface area contributed by atoms with Crippen molar-refractivity contribution in [2.75, 3.05) is 0 Å². The van der Waals surface area contributed by atoms with Crippen molar-refractivity contribution in [3.05, 3.63) is 193 Å². The van der Waals surface area contributed by atoms with Crippen LogP contribution in [0.25, 0.3) is 110 Å². The largest absolute Gasteiger partial charge is 0.455 e. The van der Waals surface area contributed by atoms with Gasteiger partial charge in [-0.15, -0.1) is 0 Å². The standard InChI is InChI=1S/C55H36O/c1-55(2)49-27-25-36(30-47(49)48-31-37-24-26-45-40-16-9-10-21-51(40)56-54(45)46(37)32-50(48)55)35-14-11-15-38(29-35)52-41-17-5-7-19-43(41)53(44-20-8-6-18-42(44)52)39-23-22-33-12-3-4-13-34(33)28-39/h3-32H,1-2H3. The van der Waals surface area contributed by atoms with Crippen LogP contribution in [0.15, 0.2) is 186 Å². The maximum absolute atomic E-state index is 6.49. The molecule has 262 valence electrons. The van der Waals surface area contributed by atoms with E-state index in [1.165, 1.54) is 109 Å². The van der Waals surface area contributed by atoms with Crippen LogP contribution >= 0.6 is 0 Å². The molecule has 1 heterocycles. The van der Waals surface area contributed by atoms with E-state index in [2.05, 4.69) is 190 Å². The number of benzene rings is 10. The van der Waals surface area contributed by atoms with E-state index < -0.39 is 0 Å². The number of hydrogen-bond donors (Lipinski definition) is 0. The quantitative estimate of drug-likeness (QED) is 0.166. The molecular weight excluding hydrogens is 677 g/mol. The molecule has 0 unspecified atom stereocenters. The first kappa shape index (κ1) is 31.4. The molecule has 1 aliphatic carbocycles. The summed E-state index contributed by atoms with van der Waals surface area (Å²) in [5, 5.41) is 12.3. The van der Waals surface area contributed by atoms with Crippen LogP contribution in [-0.2, 0) is 5.41 Å². The van der Waals surface area contributed by atoms with Crippen molar-refractivity contribution in [3.8, 4) is 44.5 Å². The number of para-hydroxylation sites is 1. The van der Waals surface area contributed by atoms with Gasteiger partial charge in [0.25, 0.3) is 0 Å². The van der Waals surface area contributed by atoms with Crippen LogP contribution < -0.4 is 0 Å². The highest BCUT2D eigenvalue weighted by atomic mass is 16.3. The second-order valence-electron chi connectivity index (χ2n) is 16.0. The van der Waals surface area contributed by atoms with Gasteiger partial charge in [-0.2, -0.15) is 0 Å². The number of furan rings is 1. The average molecular weight is 713 g/mol. The fourth-order valence-corrected chi connectivity index (χ4v) is 9.88. The zero-order chi connectivity index (χ0) is 37.1. The smallest absolute Gasteiger partial charge is 0.143 e. The Labute approximate surface area is 325 Å². The highest BCUT2D eigenvalue weighted by Gasteiger charge is 2.36. The van der Waals surface area contributed by atoms with E-state index in [0.29, 0.717) is 0 Å². The van der Waals surface area contributed by atoms with E-state index in [0.717, 1.165) is 11.2 Å². The van der Waals surface area contributed by atoms with Crippen molar-refractivity contribution < 1.29 is 4.42 Å². The maximum Gasteiger partial charge on any atom is 0.143 e. The normalized spacial score (nSPS) is 13.3. The van der Waals surface area contributed by atoms with Gasteiger partial charge in [-0.1, -0.05) is 153 Å². The fraction of sp³-hybridized carbons (Fsp3) is 0.0545. The SMILES string of the molecule is CC1(C)c2ccc(-c3cccc(-c4c5ccccc5c(-c5ccc6ccccc6c5)c5ccccc45)c3)cc2-c2cc3ccc4c5ccccc5oc4c3cc21. The number of hydrogen-bond acceptors (Lipinski definition) is 1. The Hall–Kier alpha value is -6.96. The van der Waals surface area contributed by atoms with Gasteiger partial charge in [0.05, 0.1) is 0 Å². The molecule has 11 aromatic rings. The van der Waals surface area contributed by atoms with Gasteiger partial charge in [0, 0.05) is 21.6 Å². The van der Waals surface area contributed by atoms with Gasteiger partial charge in [-0.05, 0) is 136 Å². The topological polar surface area (TPSA) is 13.1 Å². The Morgan fingerprint density at radius 2 is 0.911 bits per heavy atom. The van der Waals surface area contributed by atoms with Gasteiger partial charge < -0.3 is 4.42 Å². The molecule has 0 aliphatic heterocycles. The summed E-state index contributed by atoms with van der Waals surface area (Å²) in [6.07, 6.45) is 0. The third-order valence-electron chi connectivity index (χ3n) is 12.6. The Morgan fingerprint density at radius 1 is 0.339 bits per heavy atom. The van der Waals surface area contributed by atoms with Gasteiger partial charge in [0.1, 0.15) is 11.2 Å². The number of rotatable bonds is 3. The predicted octanol–water partition coefficient (Wildman–Crippen LogP) is 15.5. The van der Waals surface area contributed by atoms with E-state index >= 15 is 0 Å². The zero-order valence-electron chi connectivity index (χ0n) is 31.2. The predicted molar refractivity (Wildman–Crippen MR) is 238 cm³/mol. The van der Waals surface area contributed by atoms with Crippen LogP contribution in [0.1, 0.15) is 25.0 Å². The summed E-state index contributed by atoms with van der Waals surface area (Å²) in [5.74, 6) is 0. The molecule has 1 nitrogen and oxygen atoms in total. The molecule has 0 saturated carbocycles. The van der Waals surface area contributed by atoms with Crippen molar-refractivity contribution in [1.29, 1.82) is 0 Å². The molecule has 10 aromatic carbocycles. The summed E-state index contributed by atoms with van der Waals surface area (Å²) in [5.41, 5.74) is 14.6. The lowest BCUT2D eigenvalue weighted by Crippen LogP contribution is -2.14. The molecular formula is C55H36O. The lowest BCUT2D eigenvalue weighted by Gasteiger charge is -2.22. The maximum atomic E-state index is 6.49. The van der Waals surface area contributed by atoms with Crippen molar-refractivity contribution >= 4 is 65.0 Å². The van der Waals surface area contributed by atoms with Crippen LogP contribution in [0.5, 0.6) is 0 Å². The Kier molecular flexibility index (Phi) is 6.46. The average Bonchev–Trinajstić information content (AvgIpc) is 3.73. The minimum Gasteiger partial charge on any atom is -0.455 e. The molecule has 0 atom stereocenters. The lowest BCUT2D eigenvalue weighted by molar-refractivity contribution is 0.660. The lowest BCUT2D eigenvalue weighted by atomic mass is 9.81. The summed E-state index contributed by atoms with van der Waals surface area (Å²) >= 11 is 0. The van der Waals surface area contributed by atoms with Gasteiger partial charge >= 0.3 is 0 Å². The van der Waals surface area contributed by atoms with Gasteiger partial charge in [-0.25, -0.2) is 0 Å². The summed E-state index contributed by atoms with van der Waals surface area (Å²) < 4.78 is 6.49. The molecule has 0 radical (unpaired) electrons. The van der Waals surface area contributed by atoms with Crippen molar-refractivity contribution in [2.45, 2.75) is 19.3 Å². The van der Waals surface area contributed by atoms with E-state index in [-0.39, 0.29) is 5.41 Å². The minimum atomic E-state index is -0.141. The van der Waals surface area contributed by atoms with Crippen LogP contribution in [0.3, 0.4) is 0 Å². The molecule has 0 bridgehead atoms. The highest BCUT2D eigenvalue weighted by Crippen LogP contribution is 2.52. The van der Waals surface area contributed by atoms with E-state index in [1.807, 2.05) is 6.07 Å². The number of fused-ring (bicyclic) bond motifs is 11. The molecule has 1 aromatic heterocycles. The Bertz CT molecular complexity index is 3390. The molecule has 1 heteroatoms. The first-order valence-corrected chi connectivity index (χ1v) is 19.6. The third kappa shape index (κ3) is 4.43.